The Labute approximate surface area is 229 Å². The normalized spacial score (nSPS) is 12.0. The van der Waals surface area contributed by atoms with Gasteiger partial charge >= 0.3 is 6.09 Å². The van der Waals surface area contributed by atoms with Crippen LogP contribution in [0.1, 0.15) is 33.8 Å². The van der Waals surface area contributed by atoms with Crippen LogP contribution in [0.3, 0.4) is 0 Å². The highest BCUT2D eigenvalue weighted by Crippen LogP contribution is 2.44. The Balaban J connectivity index is 0.957. The van der Waals surface area contributed by atoms with Crippen molar-refractivity contribution >= 4 is 12.4 Å². The molecule has 1 amide bonds. The summed E-state index contributed by atoms with van der Waals surface area (Å²) in [5.41, 5.74) is 5.43. The van der Waals surface area contributed by atoms with E-state index in [0.717, 1.165) is 6.29 Å². The van der Waals surface area contributed by atoms with E-state index in [1.165, 1.54) is 22.3 Å². The first kappa shape index (κ1) is 28.3. The van der Waals surface area contributed by atoms with E-state index in [-0.39, 0.29) is 5.92 Å². The van der Waals surface area contributed by atoms with Gasteiger partial charge in [-0.2, -0.15) is 0 Å². The molecule has 206 valence electrons. The molecule has 3 aromatic carbocycles. The molecule has 39 heavy (non-hydrogen) atoms. The maximum Gasteiger partial charge on any atom is 0.407 e. The molecule has 8 heteroatoms. The van der Waals surface area contributed by atoms with E-state index in [2.05, 4.69) is 29.6 Å². The van der Waals surface area contributed by atoms with Gasteiger partial charge in [-0.05, 0) is 52.9 Å². The summed E-state index contributed by atoms with van der Waals surface area (Å²) in [5, 5.41) is 2.79. The third-order valence-corrected chi connectivity index (χ3v) is 6.34. The third-order valence-electron chi connectivity index (χ3n) is 6.34. The molecule has 4 rings (SSSR count). The highest BCUT2D eigenvalue weighted by Gasteiger charge is 2.28. The van der Waals surface area contributed by atoms with Crippen molar-refractivity contribution in [2.45, 2.75) is 12.3 Å². The number of fused-ring (bicyclic) bond motifs is 3. The lowest BCUT2D eigenvalue weighted by atomic mass is 9.98. The van der Waals surface area contributed by atoms with Crippen LogP contribution in [-0.2, 0) is 18.9 Å². The molecule has 0 aromatic heterocycles. The Bertz CT molecular complexity index is 1140. The fourth-order valence-electron chi connectivity index (χ4n) is 4.42. The van der Waals surface area contributed by atoms with Gasteiger partial charge in [-0.3, -0.25) is 4.79 Å². The predicted molar refractivity (Wildman–Crippen MR) is 147 cm³/mol. The monoisotopic (exact) mass is 533 g/mol. The summed E-state index contributed by atoms with van der Waals surface area (Å²) >= 11 is 0. The molecule has 0 fully saturated rings. The van der Waals surface area contributed by atoms with Crippen LogP contribution in [0.2, 0.25) is 0 Å². The first-order chi connectivity index (χ1) is 19.3. The van der Waals surface area contributed by atoms with E-state index in [0.29, 0.717) is 77.1 Å². The fourth-order valence-corrected chi connectivity index (χ4v) is 4.42. The summed E-state index contributed by atoms with van der Waals surface area (Å²) in [6, 6.07) is 23.5. The summed E-state index contributed by atoms with van der Waals surface area (Å²) in [4.78, 5) is 22.8. The van der Waals surface area contributed by atoms with Crippen molar-refractivity contribution < 1.29 is 33.3 Å². The van der Waals surface area contributed by atoms with Gasteiger partial charge in [0.15, 0.2) is 0 Å². The predicted octanol–water partition coefficient (Wildman–Crippen LogP) is 4.86. The molecule has 0 spiro atoms. The number of hydrogen-bond donors (Lipinski definition) is 1. The second kappa shape index (κ2) is 15.6. The van der Waals surface area contributed by atoms with Crippen LogP contribution in [0, 0.1) is 0 Å². The molecule has 0 aliphatic heterocycles. The highest BCUT2D eigenvalue weighted by molar-refractivity contribution is 5.79. The summed E-state index contributed by atoms with van der Waals surface area (Å²) in [5.74, 6) is 0.754. The lowest BCUT2D eigenvalue weighted by Gasteiger charge is -2.14. The van der Waals surface area contributed by atoms with Gasteiger partial charge in [-0.25, -0.2) is 4.79 Å². The Hall–Kier alpha value is -3.72. The topological polar surface area (TPSA) is 92.3 Å². The summed E-state index contributed by atoms with van der Waals surface area (Å²) in [7, 11) is 0. The van der Waals surface area contributed by atoms with Crippen LogP contribution in [0.15, 0.2) is 72.8 Å². The summed E-state index contributed by atoms with van der Waals surface area (Å²) < 4.78 is 27.6. The van der Waals surface area contributed by atoms with Crippen LogP contribution in [0.25, 0.3) is 11.1 Å². The molecule has 1 N–H and O–H groups in total. The van der Waals surface area contributed by atoms with Gasteiger partial charge in [0.05, 0.1) is 33.0 Å². The first-order valence-corrected chi connectivity index (χ1v) is 13.3. The number of aldehydes is 1. The molecule has 0 saturated heterocycles. The number of benzene rings is 3. The number of alkyl carbamates (subject to hydrolysis) is 1. The Morgan fingerprint density at radius 2 is 1.28 bits per heavy atom. The smallest absolute Gasteiger partial charge is 0.407 e. The van der Waals surface area contributed by atoms with E-state index in [1.807, 2.05) is 24.3 Å². The molecular formula is C31H35NO7. The third kappa shape index (κ3) is 8.64. The number of carbonyl (C=O) groups excluding carboxylic acids is 2. The number of hydrogen-bond acceptors (Lipinski definition) is 7. The second-order valence-corrected chi connectivity index (χ2v) is 8.98. The molecular weight excluding hydrogens is 498 g/mol. The van der Waals surface area contributed by atoms with E-state index in [1.54, 1.807) is 24.3 Å². The van der Waals surface area contributed by atoms with Crippen molar-refractivity contribution in [3.8, 4) is 16.9 Å². The van der Waals surface area contributed by atoms with Crippen molar-refractivity contribution in [1.82, 2.24) is 5.32 Å². The molecule has 0 saturated carbocycles. The van der Waals surface area contributed by atoms with Crippen molar-refractivity contribution in [1.29, 1.82) is 0 Å². The Morgan fingerprint density at radius 1 is 0.718 bits per heavy atom. The quantitative estimate of drug-likeness (QED) is 0.196. The molecule has 0 unspecified atom stereocenters. The lowest BCUT2D eigenvalue weighted by Crippen LogP contribution is -2.27. The van der Waals surface area contributed by atoms with Gasteiger partial charge in [0.1, 0.15) is 25.2 Å². The van der Waals surface area contributed by atoms with Gasteiger partial charge in [-0.15, -0.1) is 0 Å². The maximum absolute atomic E-state index is 12.2. The standard InChI is InChI=1S/C31H35NO7/c33-22-24-10-12-25(13-11-24)38-21-20-37-19-18-36-17-16-35-15-5-14-32-31(34)39-23-30-28-8-3-1-6-26(28)27-7-2-4-9-29(27)30/h1-4,6-13,22,30H,5,14-21,23H2,(H,32,34). The van der Waals surface area contributed by atoms with Gasteiger partial charge in [0.25, 0.3) is 0 Å². The van der Waals surface area contributed by atoms with Crippen LogP contribution >= 0.6 is 0 Å². The number of rotatable bonds is 17. The van der Waals surface area contributed by atoms with Gasteiger partial charge in [-0.1, -0.05) is 48.5 Å². The maximum atomic E-state index is 12.2. The SMILES string of the molecule is O=Cc1ccc(OCCOCCOCCOCCCNC(=O)OCC2c3ccccc3-c3ccccc32)cc1. The number of carbonyl (C=O) groups is 2. The Kier molecular flexibility index (Phi) is 11.3. The van der Waals surface area contributed by atoms with Crippen molar-refractivity contribution in [2.24, 2.45) is 0 Å². The number of amides is 1. The van der Waals surface area contributed by atoms with Crippen molar-refractivity contribution in [3.63, 3.8) is 0 Å². The average molecular weight is 534 g/mol. The minimum Gasteiger partial charge on any atom is -0.491 e. The molecule has 0 atom stereocenters. The van der Waals surface area contributed by atoms with Gasteiger partial charge < -0.3 is 29.0 Å². The molecule has 8 nitrogen and oxygen atoms in total. The molecule has 0 radical (unpaired) electrons. The molecule has 0 heterocycles. The zero-order valence-corrected chi connectivity index (χ0v) is 22.0. The molecule has 1 aliphatic carbocycles. The minimum atomic E-state index is -0.415. The fraction of sp³-hybridized carbons (Fsp3) is 0.355. The highest BCUT2D eigenvalue weighted by atomic mass is 16.6. The van der Waals surface area contributed by atoms with Crippen molar-refractivity contribution in [2.75, 3.05) is 59.4 Å². The van der Waals surface area contributed by atoms with Crippen LogP contribution in [0.4, 0.5) is 4.79 Å². The largest absolute Gasteiger partial charge is 0.491 e. The van der Waals surface area contributed by atoms with E-state index >= 15 is 0 Å². The zero-order chi connectivity index (χ0) is 27.1. The minimum absolute atomic E-state index is 0.0539. The zero-order valence-electron chi connectivity index (χ0n) is 22.0. The first-order valence-electron chi connectivity index (χ1n) is 13.3. The van der Waals surface area contributed by atoms with Crippen LogP contribution in [-0.4, -0.2) is 71.8 Å². The Morgan fingerprint density at radius 3 is 1.90 bits per heavy atom. The van der Waals surface area contributed by atoms with Gasteiger partial charge in [0, 0.05) is 24.6 Å². The lowest BCUT2D eigenvalue weighted by molar-refractivity contribution is 0.00904. The summed E-state index contributed by atoms with van der Waals surface area (Å²) in [6.07, 6.45) is 1.07. The van der Waals surface area contributed by atoms with Gasteiger partial charge in [0.2, 0.25) is 0 Å². The number of ether oxygens (including phenoxy) is 5. The molecule has 3 aromatic rings. The number of nitrogens with one attached hydrogen (secondary N) is 1. The van der Waals surface area contributed by atoms with Crippen LogP contribution < -0.4 is 10.1 Å². The van der Waals surface area contributed by atoms with E-state index in [4.69, 9.17) is 23.7 Å². The van der Waals surface area contributed by atoms with Crippen LogP contribution in [0.5, 0.6) is 5.75 Å². The molecule has 0 bridgehead atoms. The average Bonchev–Trinajstić information content (AvgIpc) is 3.30. The molecule has 1 aliphatic rings. The summed E-state index contributed by atoms with van der Waals surface area (Å²) in [6.45, 7) is 4.08. The van der Waals surface area contributed by atoms with Crippen molar-refractivity contribution in [3.05, 3.63) is 89.5 Å². The van der Waals surface area contributed by atoms with E-state index in [9.17, 15) is 9.59 Å². The van der Waals surface area contributed by atoms with E-state index < -0.39 is 6.09 Å². The second-order valence-electron chi connectivity index (χ2n) is 8.98.